The van der Waals surface area contributed by atoms with Gasteiger partial charge in [-0.3, -0.25) is 14.9 Å². The molecule has 1 aliphatic carbocycles. The van der Waals surface area contributed by atoms with Crippen molar-refractivity contribution in [1.29, 1.82) is 0 Å². The maximum absolute atomic E-state index is 11.9. The molecular weight excluding hydrogens is 332 g/mol. The van der Waals surface area contributed by atoms with Gasteiger partial charge in [-0.05, 0) is 15.9 Å². The second-order valence-electron chi connectivity index (χ2n) is 4.66. The van der Waals surface area contributed by atoms with E-state index in [2.05, 4.69) is 21.2 Å². The molecule has 0 unspecified atom stereocenters. The number of hydrogen-bond acceptors (Lipinski definition) is 5. The number of amides is 1. The van der Waals surface area contributed by atoms with Crippen LogP contribution in [0, 0.1) is 16.0 Å². The fourth-order valence-corrected chi connectivity index (χ4v) is 2.50. The molecule has 1 fully saturated rings. The van der Waals surface area contributed by atoms with E-state index < -0.39 is 16.9 Å². The lowest BCUT2D eigenvalue weighted by atomic mass is 10.2. The van der Waals surface area contributed by atoms with Crippen LogP contribution in [0.2, 0.25) is 0 Å². The molecule has 2 aliphatic rings. The SMILES string of the molecule is O=C(Nc1cc2c(cc1Br)OCCO2)[C@H]1C[C@H]1[N+](=O)[O-]. The summed E-state index contributed by atoms with van der Waals surface area (Å²) in [6.07, 6.45) is 0.293. The Hall–Kier alpha value is -1.83. The number of nitrogens with one attached hydrogen (secondary N) is 1. The number of fused-ring (bicyclic) bond motifs is 1. The molecule has 3 rings (SSSR count). The molecule has 2 atom stereocenters. The molecule has 0 bridgehead atoms. The Balaban J connectivity index is 1.74. The average Bonchev–Trinajstić information content (AvgIpc) is 3.20. The van der Waals surface area contributed by atoms with Crippen molar-refractivity contribution in [2.45, 2.75) is 12.5 Å². The molecule has 1 aromatic carbocycles. The monoisotopic (exact) mass is 342 g/mol. The quantitative estimate of drug-likeness (QED) is 0.668. The Morgan fingerprint density at radius 3 is 2.60 bits per heavy atom. The van der Waals surface area contributed by atoms with Crippen molar-refractivity contribution in [3.05, 3.63) is 26.7 Å². The van der Waals surface area contributed by atoms with E-state index in [1.54, 1.807) is 12.1 Å². The average molecular weight is 343 g/mol. The Labute approximate surface area is 122 Å². The van der Waals surface area contributed by atoms with Crippen LogP contribution in [0.4, 0.5) is 5.69 Å². The Kier molecular flexibility index (Phi) is 3.25. The van der Waals surface area contributed by atoms with Crippen molar-refractivity contribution in [2.24, 2.45) is 5.92 Å². The molecule has 0 spiro atoms. The van der Waals surface area contributed by atoms with E-state index >= 15 is 0 Å². The van der Waals surface area contributed by atoms with Gasteiger partial charge in [0.25, 0.3) is 0 Å². The number of benzene rings is 1. The number of anilines is 1. The standard InChI is InChI=1S/C12H11BrN2O5/c13-7-4-10-11(20-2-1-19-10)5-8(7)14-12(16)6-3-9(6)15(17)18/h4-6,9H,1-3H2,(H,14,16)/t6-,9+/m0/s1. The van der Waals surface area contributed by atoms with E-state index in [0.717, 1.165) is 0 Å². The van der Waals surface area contributed by atoms with Crippen LogP contribution in [0.15, 0.2) is 16.6 Å². The minimum atomic E-state index is -0.758. The van der Waals surface area contributed by atoms with E-state index in [9.17, 15) is 14.9 Å². The topological polar surface area (TPSA) is 90.7 Å². The lowest BCUT2D eigenvalue weighted by Gasteiger charge is -2.20. The molecule has 20 heavy (non-hydrogen) atoms. The van der Waals surface area contributed by atoms with Gasteiger partial charge in [-0.15, -0.1) is 0 Å². The Morgan fingerprint density at radius 1 is 1.35 bits per heavy atom. The predicted octanol–water partition coefficient (Wildman–Crippen LogP) is 1.82. The number of carbonyl (C=O) groups excluding carboxylic acids is 1. The van der Waals surface area contributed by atoms with Crippen LogP contribution >= 0.6 is 15.9 Å². The first-order valence-corrected chi connectivity index (χ1v) is 6.89. The number of halogens is 1. The predicted molar refractivity (Wildman–Crippen MR) is 72.7 cm³/mol. The third kappa shape index (κ3) is 2.43. The number of ether oxygens (including phenoxy) is 2. The summed E-state index contributed by atoms with van der Waals surface area (Å²) in [6, 6.07) is 2.60. The van der Waals surface area contributed by atoms with Crippen LogP contribution in [-0.4, -0.2) is 30.1 Å². The van der Waals surface area contributed by atoms with E-state index in [1.807, 2.05) is 0 Å². The molecule has 0 radical (unpaired) electrons. The van der Waals surface area contributed by atoms with Crippen LogP contribution in [0.25, 0.3) is 0 Å². The van der Waals surface area contributed by atoms with E-state index in [4.69, 9.17) is 9.47 Å². The largest absolute Gasteiger partial charge is 0.486 e. The normalized spacial score (nSPS) is 23.1. The van der Waals surface area contributed by atoms with Crippen LogP contribution in [-0.2, 0) is 4.79 Å². The maximum atomic E-state index is 11.9. The van der Waals surface area contributed by atoms with Gasteiger partial charge in [0.05, 0.1) is 5.69 Å². The summed E-state index contributed by atoms with van der Waals surface area (Å²) in [7, 11) is 0. The van der Waals surface area contributed by atoms with Crippen LogP contribution in [0.3, 0.4) is 0 Å². The maximum Gasteiger partial charge on any atom is 0.234 e. The van der Waals surface area contributed by atoms with E-state index in [-0.39, 0.29) is 5.91 Å². The molecule has 0 aromatic heterocycles. The first-order chi connectivity index (χ1) is 9.56. The van der Waals surface area contributed by atoms with Crippen molar-refractivity contribution in [2.75, 3.05) is 18.5 Å². The van der Waals surface area contributed by atoms with Gasteiger partial charge in [0.15, 0.2) is 11.5 Å². The molecule has 1 aliphatic heterocycles. The molecule has 1 aromatic rings. The first kappa shape index (κ1) is 13.2. The number of rotatable bonds is 3. The Bertz CT molecular complexity index is 591. The van der Waals surface area contributed by atoms with Gasteiger partial charge in [0, 0.05) is 27.9 Å². The summed E-state index contributed by atoms with van der Waals surface area (Å²) in [5.41, 5.74) is 0.522. The zero-order chi connectivity index (χ0) is 14.3. The molecular formula is C12H11BrN2O5. The first-order valence-electron chi connectivity index (χ1n) is 6.10. The highest BCUT2D eigenvalue weighted by Gasteiger charge is 2.53. The van der Waals surface area contributed by atoms with Gasteiger partial charge in [0.1, 0.15) is 19.1 Å². The van der Waals surface area contributed by atoms with E-state index in [0.29, 0.717) is 41.3 Å². The minimum absolute atomic E-state index is 0.293. The van der Waals surface area contributed by atoms with Gasteiger partial charge in [-0.25, -0.2) is 0 Å². The fraction of sp³-hybridized carbons (Fsp3) is 0.417. The summed E-state index contributed by atoms with van der Waals surface area (Å²) in [4.78, 5) is 22.1. The molecule has 106 valence electrons. The van der Waals surface area contributed by atoms with Crippen LogP contribution in [0.5, 0.6) is 11.5 Å². The number of nitro groups is 1. The molecule has 0 saturated heterocycles. The van der Waals surface area contributed by atoms with Gasteiger partial charge >= 0.3 is 0 Å². The van der Waals surface area contributed by atoms with Gasteiger partial charge in [-0.1, -0.05) is 0 Å². The minimum Gasteiger partial charge on any atom is -0.486 e. The number of carbonyl (C=O) groups is 1. The summed E-state index contributed by atoms with van der Waals surface area (Å²) in [6.45, 7) is 0.936. The summed E-state index contributed by atoms with van der Waals surface area (Å²) in [5.74, 6) is 0.265. The third-order valence-electron chi connectivity index (χ3n) is 3.25. The Morgan fingerprint density at radius 2 is 2.00 bits per heavy atom. The highest BCUT2D eigenvalue weighted by atomic mass is 79.9. The highest BCUT2D eigenvalue weighted by Crippen LogP contribution is 2.40. The molecule has 1 N–H and O–H groups in total. The molecule has 7 nitrogen and oxygen atoms in total. The van der Waals surface area contributed by atoms with Gasteiger partial charge < -0.3 is 14.8 Å². The highest BCUT2D eigenvalue weighted by molar-refractivity contribution is 9.10. The second kappa shape index (κ2) is 4.93. The van der Waals surface area contributed by atoms with Crippen LogP contribution in [0.1, 0.15) is 6.42 Å². The van der Waals surface area contributed by atoms with Crippen molar-refractivity contribution in [3.8, 4) is 11.5 Å². The van der Waals surface area contributed by atoms with E-state index in [1.165, 1.54) is 0 Å². The van der Waals surface area contributed by atoms with Crippen LogP contribution < -0.4 is 14.8 Å². The molecule has 1 heterocycles. The summed E-state index contributed by atoms with van der Waals surface area (Å²) in [5, 5.41) is 13.2. The lowest BCUT2D eigenvalue weighted by Crippen LogP contribution is -2.19. The lowest BCUT2D eigenvalue weighted by molar-refractivity contribution is -0.497. The van der Waals surface area contributed by atoms with Gasteiger partial charge in [-0.2, -0.15) is 0 Å². The smallest absolute Gasteiger partial charge is 0.234 e. The summed E-state index contributed by atoms with van der Waals surface area (Å²) < 4.78 is 11.5. The molecule has 1 amide bonds. The second-order valence-corrected chi connectivity index (χ2v) is 5.51. The fourth-order valence-electron chi connectivity index (χ4n) is 2.08. The van der Waals surface area contributed by atoms with Crippen molar-refractivity contribution in [1.82, 2.24) is 0 Å². The molecule has 8 heteroatoms. The third-order valence-corrected chi connectivity index (χ3v) is 3.91. The van der Waals surface area contributed by atoms with Crippen molar-refractivity contribution in [3.63, 3.8) is 0 Å². The zero-order valence-corrected chi connectivity index (χ0v) is 11.9. The zero-order valence-electron chi connectivity index (χ0n) is 10.3. The van der Waals surface area contributed by atoms with Gasteiger partial charge in [0.2, 0.25) is 11.9 Å². The van der Waals surface area contributed by atoms with Crippen molar-refractivity contribution >= 4 is 27.5 Å². The number of nitrogens with zero attached hydrogens (tertiary/aromatic N) is 1. The van der Waals surface area contributed by atoms with Crippen molar-refractivity contribution < 1.29 is 19.2 Å². The molecule has 1 saturated carbocycles. The summed E-state index contributed by atoms with van der Waals surface area (Å²) >= 11 is 3.33. The number of hydrogen-bond donors (Lipinski definition) is 1.